The minimum atomic E-state index is -0.484. The Kier molecular flexibility index (Phi) is 8.00. The van der Waals surface area contributed by atoms with Gasteiger partial charge in [-0.05, 0) is 86.0 Å². The molecule has 60 heavy (non-hydrogen) atoms. The van der Waals surface area contributed by atoms with E-state index in [1.165, 1.54) is 65.4 Å². The van der Waals surface area contributed by atoms with Crippen LogP contribution in [0.5, 0.6) is 0 Å². The summed E-state index contributed by atoms with van der Waals surface area (Å²) in [6.07, 6.45) is 1.90. The van der Waals surface area contributed by atoms with Crippen molar-refractivity contribution in [3.8, 4) is 67.3 Å². The number of aromatic nitrogens is 3. The van der Waals surface area contributed by atoms with Gasteiger partial charge in [-0.1, -0.05) is 188 Å². The number of hydrogen-bond acceptors (Lipinski definition) is 4. The van der Waals surface area contributed by atoms with E-state index in [0.717, 1.165) is 39.0 Å². The summed E-state index contributed by atoms with van der Waals surface area (Å²) in [6.45, 7) is 0. The van der Waals surface area contributed by atoms with Crippen LogP contribution in [0.4, 0.5) is 0 Å². The zero-order chi connectivity index (χ0) is 39.6. The van der Waals surface area contributed by atoms with Crippen LogP contribution in [0.2, 0.25) is 0 Å². The molecule has 0 amide bonds. The van der Waals surface area contributed by atoms with Gasteiger partial charge in [-0.3, -0.25) is 4.98 Å². The van der Waals surface area contributed by atoms with E-state index in [9.17, 15) is 0 Å². The average Bonchev–Trinajstić information content (AvgIpc) is 3.62. The van der Waals surface area contributed by atoms with Crippen LogP contribution in [-0.2, 0) is 5.41 Å². The van der Waals surface area contributed by atoms with E-state index in [4.69, 9.17) is 9.97 Å². The molecular formula is C56H35N3S. The predicted octanol–water partition coefficient (Wildman–Crippen LogP) is 14.2. The van der Waals surface area contributed by atoms with Crippen molar-refractivity contribution in [3.63, 3.8) is 0 Å². The quantitative estimate of drug-likeness (QED) is 0.174. The Morgan fingerprint density at radius 3 is 1.58 bits per heavy atom. The van der Waals surface area contributed by atoms with Crippen molar-refractivity contribution in [3.05, 3.63) is 235 Å². The molecule has 0 saturated carbocycles. The molecule has 0 bridgehead atoms. The fourth-order valence-corrected chi connectivity index (χ4v) is 10.8. The standard InChI is InChI=1S/C56H35N3S/c1-3-13-38(14-4-1)51-35-52(59-55(58-51)39-15-5-2-6-16-39)41-28-30-49-54(34-41)60-53-33-40(36-23-25-37(26-24-36)42-31-32-57-50-22-12-9-19-45(42)50)27-29-48(53)56(49)46-20-10-7-17-43(46)44-18-8-11-21-47(44)56/h1-35H. The van der Waals surface area contributed by atoms with Crippen LogP contribution in [0.25, 0.3) is 78.2 Å². The second-order valence-electron chi connectivity index (χ2n) is 15.5. The van der Waals surface area contributed by atoms with Crippen molar-refractivity contribution >= 4 is 22.7 Å². The van der Waals surface area contributed by atoms with Crippen molar-refractivity contribution in [2.24, 2.45) is 0 Å². The molecule has 280 valence electrons. The average molecular weight is 782 g/mol. The van der Waals surface area contributed by atoms with Crippen molar-refractivity contribution in [1.29, 1.82) is 0 Å². The Labute approximate surface area is 353 Å². The lowest BCUT2D eigenvalue weighted by Crippen LogP contribution is -2.32. The summed E-state index contributed by atoms with van der Waals surface area (Å²) < 4.78 is 0. The third kappa shape index (κ3) is 5.42. The Balaban J connectivity index is 1.03. The van der Waals surface area contributed by atoms with Gasteiger partial charge in [0.2, 0.25) is 0 Å². The van der Waals surface area contributed by atoms with Gasteiger partial charge in [0.05, 0.1) is 22.3 Å². The molecule has 10 aromatic rings. The summed E-state index contributed by atoms with van der Waals surface area (Å²) in [4.78, 5) is 17.4. The van der Waals surface area contributed by atoms with E-state index in [1.54, 1.807) is 0 Å². The second-order valence-corrected chi connectivity index (χ2v) is 16.6. The molecule has 3 nitrogen and oxygen atoms in total. The van der Waals surface area contributed by atoms with E-state index in [0.29, 0.717) is 5.82 Å². The van der Waals surface area contributed by atoms with Crippen LogP contribution in [0, 0.1) is 0 Å². The first-order valence-corrected chi connectivity index (χ1v) is 21.2. The number of hydrogen-bond donors (Lipinski definition) is 0. The van der Waals surface area contributed by atoms with Crippen molar-refractivity contribution < 1.29 is 0 Å². The van der Waals surface area contributed by atoms with Crippen molar-refractivity contribution in [2.75, 3.05) is 0 Å². The maximum Gasteiger partial charge on any atom is 0.160 e. The highest BCUT2D eigenvalue weighted by atomic mass is 32.2. The SMILES string of the molecule is c1ccc(-c2cc(-c3ccc4c(c3)Sc3cc(-c5ccc(-c6ccnc7ccccc67)cc5)ccc3C43c4ccccc4-c4ccccc43)nc(-c3ccccc3)n2)cc1. The Hall–Kier alpha value is -7.40. The first-order chi connectivity index (χ1) is 29.7. The molecular weight excluding hydrogens is 747 g/mol. The fourth-order valence-electron chi connectivity index (χ4n) is 9.51. The Morgan fingerprint density at radius 2 is 0.883 bits per heavy atom. The predicted molar refractivity (Wildman–Crippen MR) is 246 cm³/mol. The first kappa shape index (κ1) is 34.6. The lowest BCUT2D eigenvalue weighted by molar-refractivity contribution is 0.723. The normalized spacial score (nSPS) is 13.1. The summed E-state index contributed by atoms with van der Waals surface area (Å²) in [5, 5.41) is 1.16. The van der Waals surface area contributed by atoms with Crippen LogP contribution < -0.4 is 0 Å². The van der Waals surface area contributed by atoms with Crippen LogP contribution in [0.3, 0.4) is 0 Å². The Bertz CT molecular complexity index is 3180. The molecule has 0 atom stereocenters. The summed E-state index contributed by atoms with van der Waals surface area (Å²) in [5.74, 6) is 0.713. The molecule has 2 aromatic heterocycles. The van der Waals surface area contributed by atoms with E-state index >= 15 is 0 Å². The lowest BCUT2D eigenvalue weighted by Gasteiger charge is -2.40. The third-order valence-electron chi connectivity index (χ3n) is 12.2. The molecule has 0 unspecified atom stereocenters. The van der Waals surface area contributed by atoms with Gasteiger partial charge in [0.25, 0.3) is 0 Å². The van der Waals surface area contributed by atoms with Crippen LogP contribution in [-0.4, -0.2) is 15.0 Å². The van der Waals surface area contributed by atoms with E-state index in [2.05, 4.69) is 181 Å². The van der Waals surface area contributed by atoms with Gasteiger partial charge in [-0.2, -0.15) is 0 Å². The van der Waals surface area contributed by atoms with Crippen LogP contribution in [0.15, 0.2) is 222 Å². The van der Waals surface area contributed by atoms with Gasteiger partial charge in [0, 0.05) is 38.1 Å². The van der Waals surface area contributed by atoms with Crippen molar-refractivity contribution in [2.45, 2.75) is 15.2 Å². The summed E-state index contributed by atoms with van der Waals surface area (Å²) >= 11 is 1.86. The number of benzene rings is 8. The Morgan fingerprint density at radius 1 is 0.350 bits per heavy atom. The number of nitrogens with zero attached hydrogens (tertiary/aromatic N) is 3. The molecule has 2 aliphatic rings. The molecule has 0 saturated heterocycles. The molecule has 0 N–H and O–H groups in total. The first-order valence-electron chi connectivity index (χ1n) is 20.3. The second kappa shape index (κ2) is 13.9. The highest BCUT2D eigenvalue weighted by Gasteiger charge is 2.50. The minimum Gasteiger partial charge on any atom is -0.256 e. The highest BCUT2D eigenvalue weighted by Crippen LogP contribution is 2.62. The topological polar surface area (TPSA) is 38.7 Å². The largest absolute Gasteiger partial charge is 0.256 e. The number of para-hydroxylation sites is 1. The zero-order valence-electron chi connectivity index (χ0n) is 32.5. The summed E-state index contributed by atoms with van der Waals surface area (Å²) in [5.41, 5.74) is 18.0. The maximum atomic E-state index is 5.23. The monoisotopic (exact) mass is 781 g/mol. The van der Waals surface area contributed by atoms with Gasteiger partial charge >= 0.3 is 0 Å². The van der Waals surface area contributed by atoms with Gasteiger partial charge in [-0.25, -0.2) is 9.97 Å². The zero-order valence-corrected chi connectivity index (χ0v) is 33.3. The number of rotatable bonds is 5. The minimum absolute atomic E-state index is 0.484. The van der Waals surface area contributed by atoms with Crippen molar-refractivity contribution in [1.82, 2.24) is 15.0 Å². The third-order valence-corrected chi connectivity index (χ3v) is 13.4. The summed E-state index contributed by atoms with van der Waals surface area (Å²) in [7, 11) is 0. The molecule has 12 rings (SSSR count). The summed E-state index contributed by atoms with van der Waals surface area (Å²) in [6, 6.07) is 74.4. The lowest BCUT2D eigenvalue weighted by atomic mass is 9.67. The van der Waals surface area contributed by atoms with E-state index < -0.39 is 5.41 Å². The van der Waals surface area contributed by atoms with Gasteiger partial charge in [0.1, 0.15) is 0 Å². The number of pyridine rings is 1. The van der Waals surface area contributed by atoms with Crippen LogP contribution in [0.1, 0.15) is 22.3 Å². The van der Waals surface area contributed by atoms with E-state index in [-0.39, 0.29) is 0 Å². The molecule has 1 spiro atoms. The smallest absolute Gasteiger partial charge is 0.160 e. The molecule has 0 radical (unpaired) electrons. The molecule has 3 heterocycles. The van der Waals surface area contributed by atoms with E-state index in [1.807, 2.05) is 48.3 Å². The molecule has 1 aliphatic heterocycles. The molecule has 4 heteroatoms. The highest BCUT2D eigenvalue weighted by molar-refractivity contribution is 7.99. The fraction of sp³-hybridized carbons (Fsp3) is 0.0179. The maximum absolute atomic E-state index is 5.23. The molecule has 0 fully saturated rings. The molecule has 8 aromatic carbocycles. The number of fused-ring (bicyclic) bond motifs is 10. The van der Waals surface area contributed by atoms with Gasteiger partial charge < -0.3 is 0 Å². The van der Waals surface area contributed by atoms with Crippen LogP contribution >= 0.6 is 11.8 Å². The molecule has 1 aliphatic carbocycles. The van der Waals surface area contributed by atoms with Gasteiger partial charge in [-0.15, -0.1) is 0 Å². The van der Waals surface area contributed by atoms with Gasteiger partial charge in [0.15, 0.2) is 5.82 Å².